The number of methoxy groups -OCH3 is 3. The SMILES string of the molecule is COc1cc(NC(=O)C2CC(=O)Nc3nc(Nc4ccccc4)[nH]c(=O)c32)cc(OC)c1OC. The van der Waals surface area contributed by atoms with Crippen LogP contribution in [0.15, 0.2) is 47.3 Å². The van der Waals surface area contributed by atoms with Gasteiger partial charge in [0.15, 0.2) is 11.5 Å². The Morgan fingerprint density at radius 3 is 2.29 bits per heavy atom. The minimum absolute atomic E-state index is 0.0310. The van der Waals surface area contributed by atoms with E-state index in [9.17, 15) is 14.4 Å². The van der Waals surface area contributed by atoms with E-state index in [1.165, 1.54) is 21.3 Å². The minimum atomic E-state index is -1.05. The topological polar surface area (TPSA) is 144 Å². The van der Waals surface area contributed by atoms with Crippen molar-refractivity contribution >= 4 is 35.0 Å². The predicted molar refractivity (Wildman–Crippen MR) is 125 cm³/mol. The van der Waals surface area contributed by atoms with Crippen LogP contribution in [0.4, 0.5) is 23.1 Å². The average Bonchev–Trinajstić information content (AvgIpc) is 2.83. The number of aromatic nitrogens is 2. The number of benzene rings is 2. The van der Waals surface area contributed by atoms with Crippen molar-refractivity contribution in [2.45, 2.75) is 12.3 Å². The summed E-state index contributed by atoms with van der Waals surface area (Å²) in [5, 5.41) is 8.28. The fourth-order valence-electron chi connectivity index (χ4n) is 3.70. The zero-order chi connectivity index (χ0) is 24.2. The summed E-state index contributed by atoms with van der Waals surface area (Å²) in [5.74, 6) is -0.813. The van der Waals surface area contributed by atoms with Crippen LogP contribution in [-0.4, -0.2) is 43.1 Å². The van der Waals surface area contributed by atoms with Gasteiger partial charge in [0.05, 0.1) is 32.8 Å². The standard InChI is InChI=1S/C23H23N5O6/c1-32-15-9-13(10-16(33-2)19(15)34-3)24-21(30)14-11-17(29)26-20-18(14)22(31)28-23(27-20)25-12-7-5-4-6-8-12/h4-10,14H,11H2,1-3H3,(H,24,30)(H3,25,26,27,28,29,31). The molecule has 2 amide bonds. The van der Waals surface area contributed by atoms with E-state index in [0.717, 1.165) is 0 Å². The molecule has 0 bridgehead atoms. The Morgan fingerprint density at radius 2 is 1.68 bits per heavy atom. The smallest absolute Gasteiger partial charge is 0.258 e. The van der Waals surface area contributed by atoms with Gasteiger partial charge in [0.1, 0.15) is 5.82 Å². The molecule has 2 aromatic carbocycles. The quantitative estimate of drug-likeness (QED) is 0.417. The number of hydrogen-bond acceptors (Lipinski definition) is 8. The number of fused-ring (bicyclic) bond motifs is 1. The molecule has 0 fully saturated rings. The summed E-state index contributed by atoms with van der Waals surface area (Å²) in [4.78, 5) is 45.3. The van der Waals surface area contributed by atoms with Gasteiger partial charge in [0.25, 0.3) is 5.56 Å². The maximum atomic E-state index is 13.2. The van der Waals surface area contributed by atoms with Gasteiger partial charge in [-0.3, -0.25) is 19.4 Å². The molecule has 11 heteroatoms. The lowest BCUT2D eigenvalue weighted by Crippen LogP contribution is -2.36. The third kappa shape index (κ3) is 4.49. The first kappa shape index (κ1) is 22.6. The van der Waals surface area contributed by atoms with E-state index >= 15 is 0 Å². The van der Waals surface area contributed by atoms with Crippen LogP contribution < -0.4 is 35.7 Å². The normalized spacial score (nSPS) is 14.4. The molecule has 0 spiro atoms. The van der Waals surface area contributed by atoms with Crippen LogP contribution in [0.3, 0.4) is 0 Å². The molecule has 1 aliphatic rings. The molecule has 3 aromatic rings. The first-order chi connectivity index (χ1) is 16.4. The summed E-state index contributed by atoms with van der Waals surface area (Å²) in [5.41, 5.74) is 0.583. The van der Waals surface area contributed by atoms with Crippen LogP contribution in [0, 0.1) is 0 Å². The zero-order valence-corrected chi connectivity index (χ0v) is 18.7. The lowest BCUT2D eigenvalue weighted by atomic mass is 9.92. The second-order valence-electron chi connectivity index (χ2n) is 7.38. The van der Waals surface area contributed by atoms with E-state index in [0.29, 0.717) is 28.6 Å². The van der Waals surface area contributed by atoms with Crippen molar-refractivity contribution in [3.63, 3.8) is 0 Å². The Morgan fingerprint density at radius 1 is 1.00 bits per heavy atom. The van der Waals surface area contributed by atoms with Crippen molar-refractivity contribution in [2.24, 2.45) is 0 Å². The molecular weight excluding hydrogens is 442 g/mol. The van der Waals surface area contributed by atoms with Crippen molar-refractivity contribution in [1.29, 1.82) is 0 Å². The lowest BCUT2D eigenvalue weighted by Gasteiger charge is -2.24. The average molecular weight is 465 g/mol. The second-order valence-corrected chi connectivity index (χ2v) is 7.38. The first-order valence-corrected chi connectivity index (χ1v) is 10.3. The van der Waals surface area contributed by atoms with Gasteiger partial charge >= 0.3 is 0 Å². The third-order valence-corrected chi connectivity index (χ3v) is 5.24. The van der Waals surface area contributed by atoms with Crippen molar-refractivity contribution in [1.82, 2.24) is 9.97 Å². The highest BCUT2D eigenvalue weighted by atomic mass is 16.5. The number of H-pyrrole nitrogens is 1. The van der Waals surface area contributed by atoms with Gasteiger partial charge in [0.2, 0.25) is 23.5 Å². The molecule has 34 heavy (non-hydrogen) atoms. The maximum absolute atomic E-state index is 13.2. The lowest BCUT2D eigenvalue weighted by molar-refractivity contribution is -0.123. The highest BCUT2D eigenvalue weighted by Gasteiger charge is 2.35. The van der Waals surface area contributed by atoms with Gasteiger partial charge in [-0.2, -0.15) is 4.98 Å². The number of para-hydroxylation sites is 1. The maximum Gasteiger partial charge on any atom is 0.258 e. The van der Waals surface area contributed by atoms with Crippen LogP contribution in [0.1, 0.15) is 17.9 Å². The van der Waals surface area contributed by atoms with Crippen molar-refractivity contribution in [3.8, 4) is 17.2 Å². The van der Waals surface area contributed by atoms with Crippen LogP contribution in [-0.2, 0) is 9.59 Å². The van der Waals surface area contributed by atoms with Gasteiger partial charge in [-0.1, -0.05) is 18.2 Å². The number of nitrogens with one attached hydrogen (secondary N) is 4. The van der Waals surface area contributed by atoms with Crippen molar-refractivity contribution < 1.29 is 23.8 Å². The number of carbonyl (C=O) groups is 2. The molecule has 1 aromatic heterocycles. The summed E-state index contributed by atoms with van der Waals surface area (Å²) in [7, 11) is 4.38. The van der Waals surface area contributed by atoms with Crippen molar-refractivity contribution in [3.05, 3.63) is 58.4 Å². The number of nitrogens with zero attached hydrogens (tertiary/aromatic N) is 1. The third-order valence-electron chi connectivity index (χ3n) is 5.24. The Labute approximate surface area is 194 Å². The molecule has 1 atom stereocenters. The molecule has 4 N–H and O–H groups in total. The first-order valence-electron chi connectivity index (χ1n) is 10.3. The fourth-order valence-corrected chi connectivity index (χ4v) is 3.70. The van der Waals surface area contributed by atoms with E-state index in [4.69, 9.17) is 14.2 Å². The summed E-state index contributed by atoms with van der Waals surface area (Å²) in [6.45, 7) is 0. The summed E-state index contributed by atoms with van der Waals surface area (Å²) < 4.78 is 15.9. The molecule has 11 nitrogen and oxygen atoms in total. The zero-order valence-electron chi connectivity index (χ0n) is 18.7. The summed E-state index contributed by atoms with van der Waals surface area (Å²) >= 11 is 0. The van der Waals surface area contributed by atoms with E-state index < -0.39 is 23.3 Å². The molecule has 0 aliphatic carbocycles. The number of anilines is 4. The van der Waals surface area contributed by atoms with E-state index in [1.807, 2.05) is 18.2 Å². The molecule has 4 rings (SSSR count). The van der Waals surface area contributed by atoms with Crippen LogP contribution in [0.2, 0.25) is 0 Å². The Kier molecular flexibility index (Phi) is 6.35. The molecule has 1 unspecified atom stereocenters. The molecule has 176 valence electrons. The number of carbonyl (C=O) groups excluding carboxylic acids is 2. The van der Waals surface area contributed by atoms with E-state index in [2.05, 4.69) is 25.9 Å². The number of ether oxygens (including phenoxy) is 3. The molecule has 0 saturated carbocycles. The summed E-state index contributed by atoms with van der Waals surface area (Å²) in [6.07, 6.45) is -0.209. The summed E-state index contributed by atoms with van der Waals surface area (Å²) in [6, 6.07) is 12.2. The molecule has 0 saturated heterocycles. The predicted octanol–water partition coefficient (Wildman–Crippen LogP) is 2.60. The number of amides is 2. The molecule has 1 aliphatic heterocycles. The number of rotatable bonds is 7. The largest absolute Gasteiger partial charge is 0.493 e. The Balaban J connectivity index is 1.64. The molecule has 0 radical (unpaired) electrons. The fraction of sp³-hybridized carbons (Fsp3) is 0.217. The monoisotopic (exact) mass is 465 g/mol. The van der Waals surface area contributed by atoms with Crippen molar-refractivity contribution in [2.75, 3.05) is 37.3 Å². The highest BCUT2D eigenvalue weighted by molar-refractivity contribution is 6.04. The van der Waals surface area contributed by atoms with Gasteiger partial charge in [0, 0.05) is 29.9 Å². The van der Waals surface area contributed by atoms with Crippen LogP contribution >= 0.6 is 0 Å². The minimum Gasteiger partial charge on any atom is -0.493 e. The number of hydrogen-bond donors (Lipinski definition) is 4. The Hall–Kier alpha value is -4.54. The Bertz CT molecular complexity index is 1270. The van der Waals surface area contributed by atoms with E-state index in [1.54, 1.807) is 24.3 Å². The van der Waals surface area contributed by atoms with Gasteiger partial charge in [-0.25, -0.2) is 0 Å². The van der Waals surface area contributed by atoms with Crippen LogP contribution in [0.25, 0.3) is 0 Å². The van der Waals surface area contributed by atoms with Gasteiger partial charge in [-0.15, -0.1) is 0 Å². The number of aromatic amines is 1. The van der Waals surface area contributed by atoms with Gasteiger partial charge in [-0.05, 0) is 12.1 Å². The van der Waals surface area contributed by atoms with E-state index in [-0.39, 0.29) is 23.8 Å². The highest BCUT2D eigenvalue weighted by Crippen LogP contribution is 2.40. The molecular formula is C23H23N5O6. The van der Waals surface area contributed by atoms with Gasteiger partial charge < -0.3 is 30.2 Å². The van der Waals surface area contributed by atoms with Crippen LogP contribution in [0.5, 0.6) is 17.2 Å². The second kappa shape index (κ2) is 9.53. The molecule has 2 heterocycles.